The number of halogens is 2. The van der Waals surface area contributed by atoms with Crippen molar-refractivity contribution < 1.29 is 9.53 Å². The molecule has 1 heterocycles. The fourth-order valence-electron chi connectivity index (χ4n) is 1.14. The summed E-state index contributed by atoms with van der Waals surface area (Å²) in [5.74, 6) is -0.340. The van der Waals surface area contributed by atoms with Gasteiger partial charge in [0.1, 0.15) is 13.4 Å². The number of carbonyl (C=O) groups excluding carboxylic acids is 1. The van der Waals surface area contributed by atoms with E-state index in [4.69, 9.17) is 10.5 Å². The molecular weight excluding hydrogens is 436 g/mol. The minimum Gasteiger partial charge on any atom is -0.465 e. The second-order valence-corrected chi connectivity index (χ2v) is 5.21. The molecule has 0 aliphatic rings. The van der Waals surface area contributed by atoms with E-state index < -0.39 is 6.04 Å². The van der Waals surface area contributed by atoms with Gasteiger partial charge in [-0.3, -0.25) is 4.79 Å². The van der Waals surface area contributed by atoms with E-state index in [9.17, 15) is 4.79 Å². The number of aryl methyl sites for hydroxylation is 1. The number of rotatable bonds is 5. The first-order valence-corrected chi connectivity index (χ1v) is 7.00. The maximum absolute atomic E-state index is 11.3. The summed E-state index contributed by atoms with van der Waals surface area (Å²) in [6.45, 7) is 2.81. The van der Waals surface area contributed by atoms with Gasteiger partial charge in [-0.05, 0) is 58.5 Å². The second kappa shape index (κ2) is 6.74. The second-order valence-electron chi connectivity index (χ2n) is 3.17. The van der Waals surface area contributed by atoms with Gasteiger partial charge in [-0.15, -0.1) is 0 Å². The summed E-state index contributed by atoms with van der Waals surface area (Å²) in [6.07, 6.45) is 2.31. The fourth-order valence-corrected chi connectivity index (χ4v) is 2.08. The van der Waals surface area contributed by atoms with Crippen molar-refractivity contribution in [3.8, 4) is 0 Å². The molecule has 5 nitrogen and oxygen atoms in total. The topological polar surface area (TPSA) is 70.1 Å². The number of nitrogens with two attached hydrogens (primary N) is 1. The number of esters is 1. The number of aromatic nitrogens is 2. The zero-order chi connectivity index (χ0) is 12.1. The van der Waals surface area contributed by atoms with Crippen LogP contribution >= 0.6 is 45.2 Å². The van der Waals surface area contributed by atoms with Crippen LogP contribution in [0.1, 0.15) is 13.3 Å². The highest BCUT2D eigenvalue weighted by Gasteiger charge is 2.15. The van der Waals surface area contributed by atoms with Gasteiger partial charge < -0.3 is 15.0 Å². The molecule has 0 saturated heterocycles. The highest BCUT2D eigenvalue weighted by molar-refractivity contribution is 14.1. The van der Waals surface area contributed by atoms with Gasteiger partial charge in [0.15, 0.2) is 0 Å². The summed E-state index contributed by atoms with van der Waals surface area (Å²) in [5.41, 5.74) is 5.70. The van der Waals surface area contributed by atoms with Crippen LogP contribution in [0.5, 0.6) is 0 Å². The number of hydrogen-bond acceptors (Lipinski definition) is 4. The molecule has 1 unspecified atom stereocenters. The van der Waals surface area contributed by atoms with Crippen molar-refractivity contribution in [1.29, 1.82) is 0 Å². The van der Waals surface area contributed by atoms with E-state index in [0.29, 0.717) is 19.6 Å². The van der Waals surface area contributed by atoms with Crippen LogP contribution in [0, 0.1) is 7.40 Å². The predicted molar refractivity (Wildman–Crippen MR) is 76.9 cm³/mol. The first kappa shape index (κ1) is 14.2. The Morgan fingerprint density at radius 2 is 2.38 bits per heavy atom. The Labute approximate surface area is 121 Å². The quantitative estimate of drug-likeness (QED) is 0.545. The van der Waals surface area contributed by atoms with Crippen molar-refractivity contribution in [2.24, 2.45) is 5.73 Å². The summed E-state index contributed by atoms with van der Waals surface area (Å²) in [6, 6.07) is -0.559. The molecule has 0 bridgehead atoms. The Morgan fingerprint density at radius 3 is 2.88 bits per heavy atom. The third kappa shape index (κ3) is 3.84. The van der Waals surface area contributed by atoms with Crippen LogP contribution in [0.15, 0.2) is 6.33 Å². The molecule has 90 valence electrons. The van der Waals surface area contributed by atoms with Gasteiger partial charge in [-0.1, -0.05) is 0 Å². The van der Waals surface area contributed by atoms with Crippen LogP contribution in [0.4, 0.5) is 0 Å². The Kier molecular flexibility index (Phi) is 5.97. The lowest BCUT2D eigenvalue weighted by Gasteiger charge is -2.11. The van der Waals surface area contributed by atoms with Crippen LogP contribution in [-0.4, -0.2) is 28.2 Å². The molecule has 0 fully saturated rings. The Balaban J connectivity index is 2.45. The van der Waals surface area contributed by atoms with Gasteiger partial charge in [0.25, 0.3) is 0 Å². The van der Waals surface area contributed by atoms with Crippen molar-refractivity contribution in [2.45, 2.75) is 25.9 Å². The van der Waals surface area contributed by atoms with E-state index in [1.807, 2.05) is 4.57 Å². The molecular formula is C9H13I2N3O2. The van der Waals surface area contributed by atoms with Crippen LogP contribution in [0.2, 0.25) is 0 Å². The van der Waals surface area contributed by atoms with Crippen molar-refractivity contribution in [3.05, 3.63) is 13.7 Å². The zero-order valence-corrected chi connectivity index (χ0v) is 13.1. The third-order valence-electron chi connectivity index (χ3n) is 2.00. The maximum Gasteiger partial charge on any atom is 0.322 e. The average Bonchev–Trinajstić information content (AvgIpc) is 2.57. The lowest BCUT2D eigenvalue weighted by molar-refractivity contribution is -0.144. The standard InChI is InChI=1S/C9H13I2N3O2/c1-2-16-9(15)6(12)3-4-14-5-13-7(10)8(14)11/h5-6H,2-4,12H2,1H3. The summed E-state index contributed by atoms with van der Waals surface area (Å²) in [5, 5.41) is 0. The molecule has 1 rings (SSSR count). The normalized spacial score (nSPS) is 12.5. The van der Waals surface area contributed by atoms with Crippen molar-refractivity contribution in [3.63, 3.8) is 0 Å². The van der Waals surface area contributed by atoms with Crippen LogP contribution in [0.3, 0.4) is 0 Å². The van der Waals surface area contributed by atoms with E-state index >= 15 is 0 Å². The minimum absolute atomic E-state index is 0.340. The SMILES string of the molecule is CCOC(=O)C(N)CCn1cnc(I)c1I. The molecule has 2 N–H and O–H groups in total. The van der Waals surface area contributed by atoms with Gasteiger partial charge in [0.2, 0.25) is 0 Å². The Bertz CT molecular complexity index is 368. The monoisotopic (exact) mass is 449 g/mol. The number of imidazole rings is 1. The Hall–Kier alpha value is 0.100. The highest BCUT2D eigenvalue weighted by atomic mass is 127. The molecule has 0 aromatic carbocycles. The lowest BCUT2D eigenvalue weighted by atomic mass is 10.2. The van der Waals surface area contributed by atoms with Gasteiger partial charge >= 0.3 is 5.97 Å². The summed E-state index contributed by atoms with van der Waals surface area (Å²) in [4.78, 5) is 15.4. The molecule has 7 heteroatoms. The van der Waals surface area contributed by atoms with Gasteiger partial charge in [0.05, 0.1) is 12.9 Å². The number of hydrogen-bond donors (Lipinski definition) is 1. The van der Waals surface area contributed by atoms with Crippen molar-refractivity contribution in [2.75, 3.05) is 6.61 Å². The van der Waals surface area contributed by atoms with E-state index in [1.54, 1.807) is 13.3 Å². The summed E-state index contributed by atoms with van der Waals surface area (Å²) in [7, 11) is 0. The minimum atomic E-state index is -0.559. The molecule has 16 heavy (non-hydrogen) atoms. The zero-order valence-electron chi connectivity index (χ0n) is 8.82. The van der Waals surface area contributed by atoms with Crippen LogP contribution in [0.25, 0.3) is 0 Å². The predicted octanol–water partition coefficient (Wildman–Crippen LogP) is 1.37. The summed E-state index contributed by atoms with van der Waals surface area (Å²) >= 11 is 4.38. The van der Waals surface area contributed by atoms with E-state index in [2.05, 4.69) is 50.2 Å². The number of nitrogens with zero attached hydrogens (tertiary/aromatic N) is 2. The molecule has 1 aromatic heterocycles. The van der Waals surface area contributed by atoms with Crippen molar-refractivity contribution >= 4 is 51.2 Å². The highest BCUT2D eigenvalue weighted by Crippen LogP contribution is 2.13. The number of carbonyl (C=O) groups is 1. The van der Waals surface area contributed by atoms with E-state index in [-0.39, 0.29) is 5.97 Å². The van der Waals surface area contributed by atoms with Crippen LogP contribution < -0.4 is 5.73 Å². The fraction of sp³-hybridized carbons (Fsp3) is 0.556. The molecule has 0 radical (unpaired) electrons. The van der Waals surface area contributed by atoms with Gasteiger partial charge in [-0.25, -0.2) is 4.98 Å². The van der Waals surface area contributed by atoms with Gasteiger partial charge in [-0.2, -0.15) is 0 Å². The van der Waals surface area contributed by atoms with E-state index in [0.717, 1.165) is 7.40 Å². The molecule has 0 spiro atoms. The molecule has 0 amide bonds. The maximum atomic E-state index is 11.3. The lowest BCUT2D eigenvalue weighted by Crippen LogP contribution is -2.33. The smallest absolute Gasteiger partial charge is 0.322 e. The average molecular weight is 449 g/mol. The van der Waals surface area contributed by atoms with Crippen molar-refractivity contribution in [1.82, 2.24) is 9.55 Å². The molecule has 0 saturated carbocycles. The first-order chi connectivity index (χ1) is 7.56. The van der Waals surface area contributed by atoms with Crippen LogP contribution in [-0.2, 0) is 16.1 Å². The third-order valence-corrected chi connectivity index (χ3v) is 4.96. The Morgan fingerprint density at radius 1 is 1.69 bits per heavy atom. The largest absolute Gasteiger partial charge is 0.465 e. The first-order valence-electron chi connectivity index (χ1n) is 4.84. The van der Waals surface area contributed by atoms with E-state index in [1.165, 1.54) is 0 Å². The number of ether oxygens (including phenoxy) is 1. The molecule has 0 aliphatic carbocycles. The van der Waals surface area contributed by atoms with Gasteiger partial charge in [0, 0.05) is 6.54 Å². The summed E-state index contributed by atoms with van der Waals surface area (Å²) < 4.78 is 8.83. The molecule has 1 aromatic rings. The molecule has 0 aliphatic heterocycles. The molecule has 1 atom stereocenters.